The SMILES string of the molecule is Cc1nc(-c2ncn[nH]2)sc1C(=O)Nc1ccc(CCO)cc1. The highest BCUT2D eigenvalue weighted by molar-refractivity contribution is 7.17. The van der Waals surface area contributed by atoms with Crippen molar-refractivity contribution in [2.45, 2.75) is 13.3 Å². The first-order valence-electron chi connectivity index (χ1n) is 7.01. The van der Waals surface area contributed by atoms with Crippen molar-refractivity contribution in [1.82, 2.24) is 20.2 Å². The third-order valence-corrected chi connectivity index (χ3v) is 4.40. The van der Waals surface area contributed by atoms with Gasteiger partial charge in [0.1, 0.15) is 11.2 Å². The normalized spacial score (nSPS) is 10.7. The number of rotatable bonds is 5. The summed E-state index contributed by atoms with van der Waals surface area (Å²) in [6.45, 7) is 1.89. The summed E-state index contributed by atoms with van der Waals surface area (Å²) in [7, 11) is 0. The topological polar surface area (TPSA) is 104 Å². The third kappa shape index (κ3) is 3.43. The third-order valence-electron chi connectivity index (χ3n) is 3.23. The van der Waals surface area contributed by atoms with Crippen molar-refractivity contribution < 1.29 is 9.90 Å². The number of aromatic nitrogens is 4. The van der Waals surface area contributed by atoms with E-state index >= 15 is 0 Å². The summed E-state index contributed by atoms with van der Waals surface area (Å²) in [6.07, 6.45) is 2.00. The Morgan fingerprint density at radius 3 is 2.78 bits per heavy atom. The highest BCUT2D eigenvalue weighted by atomic mass is 32.1. The van der Waals surface area contributed by atoms with Gasteiger partial charge in [0.05, 0.1) is 5.69 Å². The number of nitrogens with one attached hydrogen (secondary N) is 2. The van der Waals surface area contributed by atoms with Gasteiger partial charge >= 0.3 is 0 Å². The van der Waals surface area contributed by atoms with Crippen LogP contribution in [0.5, 0.6) is 0 Å². The lowest BCUT2D eigenvalue weighted by molar-refractivity contribution is 0.103. The fraction of sp³-hybridized carbons (Fsp3) is 0.200. The molecular formula is C15H15N5O2S. The number of hydrogen-bond donors (Lipinski definition) is 3. The average molecular weight is 329 g/mol. The Kier molecular flexibility index (Phi) is 4.45. The van der Waals surface area contributed by atoms with Gasteiger partial charge < -0.3 is 10.4 Å². The first kappa shape index (κ1) is 15.3. The number of carbonyl (C=O) groups is 1. The van der Waals surface area contributed by atoms with E-state index in [1.807, 2.05) is 24.3 Å². The molecule has 0 radical (unpaired) electrons. The minimum atomic E-state index is -0.208. The van der Waals surface area contributed by atoms with Crippen LogP contribution >= 0.6 is 11.3 Å². The fourth-order valence-electron chi connectivity index (χ4n) is 2.09. The summed E-state index contributed by atoms with van der Waals surface area (Å²) in [6, 6.07) is 7.39. The van der Waals surface area contributed by atoms with E-state index in [4.69, 9.17) is 5.11 Å². The Morgan fingerprint density at radius 2 is 2.13 bits per heavy atom. The Labute approximate surface area is 136 Å². The van der Waals surface area contributed by atoms with E-state index in [1.54, 1.807) is 6.92 Å². The molecule has 118 valence electrons. The predicted octanol–water partition coefficient (Wildman–Crippen LogP) is 2.02. The highest BCUT2D eigenvalue weighted by Crippen LogP contribution is 2.26. The summed E-state index contributed by atoms with van der Waals surface area (Å²) < 4.78 is 0. The van der Waals surface area contributed by atoms with Crippen molar-refractivity contribution >= 4 is 22.9 Å². The summed E-state index contributed by atoms with van der Waals surface area (Å²) in [4.78, 5) is 21.3. The molecule has 0 unspecified atom stereocenters. The number of aryl methyl sites for hydroxylation is 1. The van der Waals surface area contributed by atoms with Gasteiger partial charge in [0, 0.05) is 12.3 Å². The predicted molar refractivity (Wildman–Crippen MR) is 87.4 cm³/mol. The second-order valence-corrected chi connectivity index (χ2v) is 5.89. The molecular weight excluding hydrogens is 314 g/mol. The second-order valence-electron chi connectivity index (χ2n) is 4.89. The van der Waals surface area contributed by atoms with Crippen molar-refractivity contribution in [3.63, 3.8) is 0 Å². The molecule has 8 heteroatoms. The highest BCUT2D eigenvalue weighted by Gasteiger charge is 2.17. The monoisotopic (exact) mass is 329 g/mol. The van der Waals surface area contributed by atoms with Gasteiger partial charge in [0.25, 0.3) is 5.91 Å². The van der Waals surface area contributed by atoms with Crippen LogP contribution in [0.25, 0.3) is 10.8 Å². The molecule has 3 aromatic rings. The van der Waals surface area contributed by atoms with Crippen molar-refractivity contribution in [1.29, 1.82) is 0 Å². The fourth-order valence-corrected chi connectivity index (χ4v) is 3.00. The van der Waals surface area contributed by atoms with Gasteiger partial charge in [0.15, 0.2) is 10.8 Å². The zero-order valence-electron chi connectivity index (χ0n) is 12.4. The van der Waals surface area contributed by atoms with Crippen LogP contribution in [0.3, 0.4) is 0 Å². The van der Waals surface area contributed by atoms with E-state index in [9.17, 15) is 4.79 Å². The molecule has 0 bridgehead atoms. The quantitative estimate of drug-likeness (QED) is 0.664. The van der Waals surface area contributed by atoms with E-state index in [2.05, 4.69) is 25.5 Å². The lowest BCUT2D eigenvalue weighted by atomic mass is 10.1. The first-order valence-corrected chi connectivity index (χ1v) is 7.83. The molecule has 0 spiro atoms. The molecule has 3 rings (SSSR count). The molecule has 3 N–H and O–H groups in total. The Balaban J connectivity index is 1.75. The van der Waals surface area contributed by atoms with Crippen LogP contribution < -0.4 is 5.32 Å². The van der Waals surface area contributed by atoms with Crippen molar-refractivity contribution in [2.24, 2.45) is 0 Å². The lowest BCUT2D eigenvalue weighted by Crippen LogP contribution is -2.11. The summed E-state index contributed by atoms with van der Waals surface area (Å²) >= 11 is 1.27. The Hall–Kier alpha value is -2.58. The first-order chi connectivity index (χ1) is 11.2. The number of aromatic amines is 1. The molecule has 0 saturated heterocycles. The molecule has 2 heterocycles. The van der Waals surface area contributed by atoms with Gasteiger partial charge in [-0.2, -0.15) is 5.10 Å². The van der Waals surface area contributed by atoms with E-state index in [-0.39, 0.29) is 12.5 Å². The van der Waals surface area contributed by atoms with Crippen LogP contribution in [0.15, 0.2) is 30.6 Å². The molecule has 0 atom stereocenters. The number of amides is 1. The molecule has 0 aliphatic carbocycles. The molecule has 0 aliphatic heterocycles. The molecule has 1 amide bonds. The largest absolute Gasteiger partial charge is 0.396 e. The molecule has 0 fully saturated rings. The van der Waals surface area contributed by atoms with Gasteiger partial charge in [0.2, 0.25) is 0 Å². The number of thiazole rings is 1. The van der Waals surface area contributed by atoms with Crippen LogP contribution in [0.4, 0.5) is 5.69 Å². The number of aliphatic hydroxyl groups is 1. The van der Waals surface area contributed by atoms with Crippen LogP contribution in [-0.2, 0) is 6.42 Å². The van der Waals surface area contributed by atoms with Crippen LogP contribution in [0.1, 0.15) is 20.9 Å². The summed E-state index contributed by atoms with van der Waals surface area (Å²) in [5.74, 6) is 0.339. The molecule has 23 heavy (non-hydrogen) atoms. The molecule has 2 aromatic heterocycles. The molecule has 7 nitrogen and oxygen atoms in total. The van der Waals surface area contributed by atoms with Crippen LogP contribution in [0.2, 0.25) is 0 Å². The van der Waals surface area contributed by atoms with Gasteiger partial charge in [-0.15, -0.1) is 11.3 Å². The molecule has 0 aliphatic rings. The van der Waals surface area contributed by atoms with Gasteiger partial charge in [-0.25, -0.2) is 9.97 Å². The standard InChI is InChI=1S/C15H15N5O2S/c1-9-12(23-15(18-9)13-16-8-17-20-13)14(22)19-11-4-2-10(3-5-11)6-7-21/h2-5,8,21H,6-7H2,1H3,(H,19,22)(H,16,17,20). The zero-order valence-corrected chi connectivity index (χ0v) is 13.2. The van der Waals surface area contributed by atoms with Crippen LogP contribution in [0, 0.1) is 6.92 Å². The number of H-pyrrole nitrogens is 1. The van der Waals surface area contributed by atoms with Crippen molar-refractivity contribution in [2.75, 3.05) is 11.9 Å². The van der Waals surface area contributed by atoms with Crippen LogP contribution in [-0.4, -0.2) is 37.8 Å². The average Bonchev–Trinajstić information content (AvgIpc) is 3.18. The Morgan fingerprint density at radius 1 is 1.35 bits per heavy atom. The maximum absolute atomic E-state index is 12.4. The number of anilines is 1. The maximum atomic E-state index is 12.4. The lowest BCUT2D eigenvalue weighted by Gasteiger charge is -2.05. The Bertz CT molecular complexity index is 796. The van der Waals surface area contributed by atoms with Gasteiger partial charge in [-0.3, -0.25) is 9.89 Å². The van der Waals surface area contributed by atoms with Gasteiger partial charge in [-0.1, -0.05) is 12.1 Å². The number of hydrogen-bond acceptors (Lipinski definition) is 6. The van der Waals surface area contributed by atoms with E-state index in [1.165, 1.54) is 17.7 Å². The van der Waals surface area contributed by atoms with Gasteiger partial charge in [-0.05, 0) is 31.0 Å². The van der Waals surface area contributed by atoms with Crippen molar-refractivity contribution in [3.8, 4) is 10.8 Å². The summed E-state index contributed by atoms with van der Waals surface area (Å²) in [5, 5.41) is 18.9. The molecule has 1 aromatic carbocycles. The minimum absolute atomic E-state index is 0.107. The number of aliphatic hydroxyl groups excluding tert-OH is 1. The van der Waals surface area contributed by atoms with E-state index < -0.39 is 0 Å². The number of nitrogens with zero attached hydrogens (tertiary/aromatic N) is 3. The minimum Gasteiger partial charge on any atom is -0.396 e. The number of carbonyl (C=O) groups excluding carboxylic acids is 1. The molecule has 0 saturated carbocycles. The van der Waals surface area contributed by atoms with Crippen molar-refractivity contribution in [3.05, 3.63) is 46.7 Å². The smallest absolute Gasteiger partial charge is 0.267 e. The maximum Gasteiger partial charge on any atom is 0.267 e. The van der Waals surface area contributed by atoms with E-state index in [0.29, 0.717) is 33.5 Å². The summed E-state index contributed by atoms with van der Waals surface area (Å²) in [5.41, 5.74) is 2.37. The van der Waals surface area contributed by atoms with E-state index in [0.717, 1.165) is 5.56 Å². The number of benzene rings is 1. The zero-order chi connectivity index (χ0) is 16.2. The second kappa shape index (κ2) is 6.67.